The van der Waals surface area contributed by atoms with Crippen molar-refractivity contribution in [1.29, 1.82) is 0 Å². The van der Waals surface area contributed by atoms with Crippen molar-refractivity contribution in [3.8, 4) is 0 Å². The van der Waals surface area contributed by atoms with E-state index in [1.54, 1.807) is 0 Å². The van der Waals surface area contributed by atoms with Gasteiger partial charge in [0.1, 0.15) is 0 Å². The third kappa shape index (κ3) is 5.95. The van der Waals surface area contributed by atoms with E-state index < -0.39 is 0 Å². The zero-order valence-electron chi connectivity index (χ0n) is 19.3. The first-order valence-corrected chi connectivity index (χ1v) is 11.7. The number of piperazine rings is 1. The molecule has 7 nitrogen and oxygen atoms in total. The van der Waals surface area contributed by atoms with Gasteiger partial charge >= 0.3 is 0 Å². The summed E-state index contributed by atoms with van der Waals surface area (Å²) in [5, 5.41) is 8.17. The van der Waals surface area contributed by atoms with E-state index in [0.29, 0.717) is 11.8 Å². The quantitative estimate of drug-likeness (QED) is 0.281. The molecule has 2 fully saturated rings. The van der Waals surface area contributed by atoms with Gasteiger partial charge in [0.25, 0.3) is 0 Å². The number of aromatic amines is 1. The van der Waals surface area contributed by atoms with Crippen molar-refractivity contribution < 1.29 is 4.79 Å². The predicted molar refractivity (Wildman–Crippen MR) is 142 cm³/mol. The van der Waals surface area contributed by atoms with Gasteiger partial charge in [0.15, 0.2) is 5.96 Å². The van der Waals surface area contributed by atoms with Crippen LogP contribution in [0, 0.1) is 12.8 Å². The highest BCUT2D eigenvalue weighted by Gasteiger charge is 2.30. The van der Waals surface area contributed by atoms with Crippen LogP contribution in [-0.2, 0) is 11.2 Å². The Hall–Kier alpha value is -1.81. The molecule has 1 aliphatic carbocycles. The van der Waals surface area contributed by atoms with E-state index in [-0.39, 0.29) is 24.0 Å². The number of halogens is 1. The molecule has 1 aromatic carbocycles. The summed E-state index contributed by atoms with van der Waals surface area (Å²) in [4.78, 5) is 24.7. The number of benzene rings is 1. The van der Waals surface area contributed by atoms with Crippen molar-refractivity contribution in [2.24, 2.45) is 10.9 Å². The van der Waals surface area contributed by atoms with Crippen LogP contribution < -0.4 is 10.6 Å². The minimum Gasteiger partial charge on any atom is -0.358 e. The summed E-state index contributed by atoms with van der Waals surface area (Å²) in [6.45, 7) is 8.46. The van der Waals surface area contributed by atoms with Crippen LogP contribution in [0.4, 0.5) is 0 Å². The fourth-order valence-electron chi connectivity index (χ4n) is 4.62. The second-order valence-electron chi connectivity index (χ2n) is 8.74. The topological polar surface area (TPSA) is 75.8 Å². The van der Waals surface area contributed by atoms with Gasteiger partial charge in [0.05, 0.1) is 0 Å². The lowest BCUT2D eigenvalue weighted by Crippen LogP contribution is -2.52. The predicted octanol–water partition coefficient (Wildman–Crippen LogP) is 2.75. The monoisotopic (exact) mass is 552 g/mol. The highest BCUT2D eigenvalue weighted by atomic mass is 127. The van der Waals surface area contributed by atoms with E-state index >= 15 is 0 Å². The van der Waals surface area contributed by atoms with Gasteiger partial charge in [0, 0.05) is 75.4 Å². The molecule has 0 atom stereocenters. The lowest BCUT2D eigenvalue weighted by molar-refractivity contribution is -0.139. The van der Waals surface area contributed by atoms with E-state index in [0.717, 1.165) is 71.0 Å². The Kier molecular flexibility index (Phi) is 9.22. The lowest BCUT2D eigenvalue weighted by Gasteiger charge is -2.38. The molecule has 8 heteroatoms. The molecule has 4 rings (SSSR count). The van der Waals surface area contributed by atoms with Crippen LogP contribution in [0.2, 0.25) is 0 Å². The Morgan fingerprint density at radius 3 is 2.53 bits per heavy atom. The SMILES string of the molecule is CN=C(NCCc1c(C)[nH]c2ccccc12)NCCN1CCN(C(=O)C2CCC2)CC1.I. The first-order valence-electron chi connectivity index (χ1n) is 11.7. The number of aryl methyl sites for hydroxylation is 1. The second kappa shape index (κ2) is 11.9. The number of nitrogens with one attached hydrogen (secondary N) is 3. The van der Waals surface area contributed by atoms with Gasteiger partial charge in [-0.15, -0.1) is 24.0 Å². The Morgan fingerprint density at radius 1 is 1.12 bits per heavy atom. The number of aliphatic imine (C=N–C) groups is 1. The summed E-state index contributed by atoms with van der Waals surface area (Å²) < 4.78 is 0. The fraction of sp³-hybridized carbons (Fsp3) is 0.583. The number of nitrogens with zero attached hydrogens (tertiary/aromatic N) is 3. The normalized spacial score (nSPS) is 17.7. The standard InChI is InChI=1S/C24H36N6O.HI/c1-18-20(21-8-3-4-9-22(21)28-18)10-11-26-24(25-2)27-12-13-29-14-16-30(17-15-29)23(31)19-6-5-7-19;/h3-4,8-9,19,28H,5-7,10-17H2,1-2H3,(H2,25,26,27);1H. The van der Waals surface area contributed by atoms with E-state index in [4.69, 9.17) is 0 Å². The van der Waals surface area contributed by atoms with Crippen molar-refractivity contribution in [3.63, 3.8) is 0 Å². The highest BCUT2D eigenvalue weighted by molar-refractivity contribution is 14.0. The number of fused-ring (bicyclic) bond motifs is 1. The maximum Gasteiger partial charge on any atom is 0.225 e. The van der Waals surface area contributed by atoms with E-state index in [1.807, 2.05) is 7.05 Å². The van der Waals surface area contributed by atoms with Gasteiger partial charge in [-0.25, -0.2) is 0 Å². The summed E-state index contributed by atoms with van der Waals surface area (Å²) in [7, 11) is 1.82. The number of para-hydroxylation sites is 1. The van der Waals surface area contributed by atoms with Gasteiger partial charge in [0.2, 0.25) is 5.91 Å². The van der Waals surface area contributed by atoms with Crippen LogP contribution in [0.15, 0.2) is 29.3 Å². The number of carbonyl (C=O) groups is 1. The maximum absolute atomic E-state index is 12.4. The van der Waals surface area contributed by atoms with Crippen molar-refractivity contribution in [2.75, 3.05) is 52.9 Å². The van der Waals surface area contributed by atoms with Crippen LogP contribution in [0.25, 0.3) is 10.9 Å². The molecule has 2 aliphatic rings. The van der Waals surface area contributed by atoms with Gasteiger partial charge < -0.3 is 20.5 Å². The van der Waals surface area contributed by atoms with E-state index in [9.17, 15) is 4.79 Å². The number of H-pyrrole nitrogens is 1. The molecular weight excluding hydrogens is 515 g/mol. The largest absolute Gasteiger partial charge is 0.358 e. The fourth-order valence-corrected chi connectivity index (χ4v) is 4.62. The zero-order valence-corrected chi connectivity index (χ0v) is 21.7. The summed E-state index contributed by atoms with van der Waals surface area (Å²) >= 11 is 0. The number of amides is 1. The van der Waals surface area contributed by atoms with Gasteiger partial charge in [-0.2, -0.15) is 0 Å². The first-order chi connectivity index (χ1) is 15.2. The van der Waals surface area contributed by atoms with Crippen LogP contribution in [0.1, 0.15) is 30.5 Å². The van der Waals surface area contributed by atoms with Gasteiger partial charge in [-0.3, -0.25) is 14.7 Å². The van der Waals surface area contributed by atoms with Crippen LogP contribution >= 0.6 is 24.0 Å². The molecule has 1 aliphatic heterocycles. The maximum atomic E-state index is 12.4. The number of aromatic nitrogens is 1. The van der Waals surface area contributed by atoms with E-state index in [1.165, 1.54) is 28.6 Å². The van der Waals surface area contributed by atoms with Crippen LogP contribution in [0.3, 0.4) is 0 Å². The molecule has 0 radical (unpaired) electrons. The molecule has 3 N–H and O–H groups in total. The van der Waals surface area contributed by atoms with Crippen LogP contribution in [-0.4, -0.2) is 79.5 Å². The molecule has 1 saturated heterocycles. The number of hydrogen-bond donors (Lipinski definition) is 3. The van der Waals surface area contributed by atoms with Crippen molar-refractivity contribution in [1.82, 2.24) is 25.4 Å². The van der Waals surface area contributed by atoms with Crippen molar-refractivity contribution in [2.45, 2.75) is 32.6 Å². The van der Waals surface area contributed by atoms with Crippen molar-refractivity contribution >= 4 is 46.7 Å². The summed E-state index contributed by atoms with van der Waals surface area (Å²) in [5.74, 6) is 1.55. The van der Waals surface area contributed by atoms with Crippen LogP contribution in [0.5, 0.6) is 0 Å². The third-order valence-corrected chi connectivity index (χ3v) is 6.78. The molecule has 1 amide bonds. The highest BCUT2D eigenvalue weighted by Crippen LogP contribution is 2.28. The molecule has 0 spiro atoms. The smallest absolute Gasteiger partial charge is 0.225 e. The molecule has 2 aromatic rings. The Balaban J connectivity index is 0.00000289. The number of hydrogen-bond acceptors (Lipinski definition) is 3. The average Bonchev–Trinajstić information content (AvgIpc) is 3.07. The van der Waals surface area contributed by atoms with Gasteiger partial charge in [-0.05, 0) is 37.8 Å². The molecular formula is C24H37IN6O. The summed E-state index contributed by atoms with van der Waals surface area (Å²) in [6.07, 6.45) is 4.36. The molecule has 32 heavy (non-hydrogen) atoms. The zero-order chi connectivity index (χ0) is 21.6. The summed E-state index contributed by atoms with van der Waals surface area (Å²) in [5.41, 5.74) is 3.81. The minimum absolute atomic E-state index is 0. The number of rotatable bonds is 7. The Morgan fingerprint density at radius 2 is 1.84 bits per heavy atom. The number of guanidine groups is 1. The number of carbonyl (C=O) groups excluding carboxylic acids is 1. The summed E-state index contributed by atoms with van der Waals surface area (Å²) in [6, 6.07) is 8.47. The molecule has 0 bridgehead atoms. The third-order valence-electron chi connectivity index (χ3n) is 6.78. The molecule has 1 saturated carbocycles. The molecule has 1 aromatic heterocycles. The second-order valence-corrected chi connectivity index (χ2v) is 8.74. The van der Waals surface area contributed by atoms with E-state index in [2.05, 4.69) is 61.6 Å². The van der Waals surface area contributed by atoms with Crippen molar-refractivity contribution in [3.05, 3.63) is 35.5 Å². The first kappa shape index (κ1) is 24.8. The van der Waals surface area contributed by atoms with Gasteiger partial charge in [-0.1, -0.05) is 24.6 Å². The average molecular weight is 553 g/mol. The molecule has 0 unspecified atom stereocenters. The molecule has 2 heterocycles. The molecule has 176 valence electrons. The minimum atomic E-state index is 0. The Bertz CT molecular complexity index is 914. The lowest BCUT2D eigenvalue weighted by atomic mass is 9.84. The Labute approximate surface area is 208 Å².